The molecule has 324 valence electrons. The van der Waals surface area contributed by atoms with Crippen molar-refractivity contribution in [2.75, 3.05) is 38.6 Å². The van der Waals surface area contributed by atoms with Crippen molar-refractivity contribution in [3.63, 3.8) is 0 Å². The van der Waals surface area contributed by atoms with Gasteiger partial charge in [0.25, 0.3) is 11.8 Å². The maximum atomic E-state index is 15.4. The molecule has 1 spiro atoms. The van der Waals surface area contributed by atoms with E-state index in [0.29, 0.717) is 42.6 Å². The molecule has 4 aliphatic carbocycles. The predicted octanol–water partition coefficient (Wildman–Crippen LogP) is 6.33. The Hall–Kier alpha value is -3.45. The van der Waals surface area contributed by atoms with E-state index in [1.165, 1.54) is 31.4 Å². The van der Waals surface area contributed by atoms with Crippen molar-refractivity contribution in [1.82, 2.24) is 29.5 Å². The lowest BCUT2D eigenvalue weighted by Crippen LogP contribution is -2.56. The summed E-state index contributed by atoms with van der Waals surface area (Å²) in [6.07, 6.45) is 14.8. The molecule has 2 saturated heterocycles. The molecule has 0 aromatic carbocycles. The molecule has 59 heavy (non-hydrogen) atoms. The Balaban J connectivity index is 1.15. The molecule has 4 amide bonds. The summed E-state index contributed by atoms with van der Waals surface area (Å²) in [4.78, 5) is 80.8. The van der Waals surface area contributed by atoms with Gasteiger partial charge in [-0.25, -0.2) is 9.29 Å². The highest BCUT2D eigenvalue weighted by atomic mass is 32.2. The molecule has 7 atom stereocenters. The van der Waals surface area contributed by atoms with Gasteiger partial charge in [-0.15, -0.1) is 6.58 Å². The molecule has 12 nitrogen and oxygen atoms in total. The Kier molecular flexibility index (Phi) is 12.4. The van der Waals surface area contributed by atoms with Gasteiger partial charge in [0.1, 0.15) is 17.4 Å². The zero-order valence-electron chi connectivity index (χ0n) is 36.6. The first kappa shape index (κ1) is 43.6. The van der Waals surface area contributed by atoms with Gasteiger partial charge in [-0.1, -0.05) is 79.2 Å². The Morgan fingerprint density at radius 1 is 1.00 bits per heavy atom. The fraction of sp³-hybridized carbons (Fsp3) is 0.739. The Bertz CT molecular complexity index is 1800. The summed E-state index contributed by atoms with van der Waals surface area (Å²) >= 11 is 1.31. The minimum Gasteiger partial charge on any atom is -0.362 e. The molecule has 0 bridgehead atoms. The molecule has 13 heteroatoms. The highest BCUT2D eigenvalue weighted by molar-refractivity contribution is 7.95. The molecule has 0 radical (unpaired) electrons. The molecule has 7 rings (SSSR count). The average Bonchev–Trinajstić information content (AvgIpc) is 3.68. The molecule has 6 fully saturated rings. The van der Waals surface area contributed by atoms with Crippen LogP contribution in [0.2, 0.25) is 0 Å². The van der Waals surface area contributed by atoms with Crippen LogP contribution in [0.1, 0.15) is 128 Å². The largest absolute Gasteiger partial charge is 0.362 e. The number of hydrogen-bond acceptors (Lipinski definition) is 9. The number of nitrogens with zero attached hydrogens (tertiary/aromatic N) is 4. The third-order valence-corrected chi connectivity index (χ3v) is 16.4. The van der Waals surface area contributed by atoms with Gasteiger partial charge in [0, 0.05) is 70.3 Å². The average molecular weight is 832 g/mol. The lowest BCUT2D eigenvalue weighted by Gasteiger charge is -2.37. The zero-order chi connectivity index (χ0) is 42.5. The van der Waals surface area contributed by atoms with E-state index in [4.69, 9.17) is 0 Å². The molecule has 2 aliphatic heterocycles. The smallest absolute Gasteiger partial charge is 0.257 e. The number of pyridine rings is 1. The van der Waals surface area contributed by atoms with Crippen LogP contribution in [0, 0.1) is 45.8 Å². The van der Waals surface area contributed by atoms with Gasteiger partial charge in [-0.3, -0.25) is 28.7 Å². The number of likely N-dealkylation sites (tertiary alicyclic amines) is 1. The van der Waals surface area contributed by atoms with E-state index in [0.717, 1.165) is 58.0 Å². The third kappa shape index (κ3) is 8.32. The van der Waals surface area contributed by atoms with Crippen LogP contribution < -0.4 is 20.3 Å². The zero-order valence-corrected chi connectivity index (χ0v) is 37.4. The van der Waals surface area contributed by atoms with Crippen molar-refractivity contribution in [3.8, 4) is 0 Å². The van der Waals surface area contributed by atoms with Crippen LogP contribution in [0.4, 0.5) is 5.82 Å². The van der Waals surface area contributed by atoms with Crippen LogP contribution in [0.5, 0.6) is 0 Å². The second-order valence-corrected chi connectivity index (χ2v) is 21.5. The van der Waals surface area contributed by atoms with Crippen LogP contribution in [-0.2, 0) is 19.2 Å². The Morgan fingerprint density at radius 2 is 1.69 bits per heavy atom. The minimum atomic E-state index is -1.12. The summed E-state index contributed by atoms with van der Waals surface area (Å²) in [5.74, 6) is -0.751. The van der Waals surface area contributed by atoms with Gasteiger partial charge in [0.2, 0.25) is 11.8 Å². The number of amides is 4. The van der Waals surface area contributed by atoms with Gasteiger partial charge in [0.15, 0.2) is 5.78 Å². The van der Waals surface area contributed by atoms with E-state index < -0.39 is 29.0 Å². The van der Waals surface area contributed by atoms with Crippen LogP contribution in [0.3, 0.4) is 0 Å². The molecule has 1 aromatic rings. The molecule has 4 saturated carbocycles. The third-order valence-electron chi connectivity index (χ3n) is 15.5. The van der Waals surface area contributed by atoms with E-state index in [1.807, 2.05) is 34.9 Å². The van der Waals surface area contributed by atoms with Gasteiger partial charge in [0.05, 0.1) is 11.6 Å². The Morgan fingerprint density at radius 3 is 2.29 bits per heavy atom. The van der Waals surface area contributed by atoms with Crippen molar-refractivity contribution in [2.24, 2.45) is 45.8 Å². The van der Waals surface area contributed by atoms with E-state index in [1.54, 1.807) is 34.2 Å². The number of aromatic nitrogens is 1. The van der Waals surface area contributed by atoms with Gasteiger partial charge in [-0.05, 0) is 84.7 Å². The van der Waals surface area contributed by atoms with Crippen molar-refractivity contribution >= 4 is 47.4 Å². The minimum absolute atomic E-state index is 0.0400. The number of hydrogen-bond donors (Lipinski definition) is 3. The fourth-order valence-electron chi connectivity index (χ4n) is 11.6. The standard InChI is InChI=1S/C46H69N7O5S/c1-9-31-26-46(31,42(58)50-59-52-23-13-14-24-52)49-40(56)34-27-45(37(44(45,5)6)30-19-15-20-30)28-53(34)41(57)33(43(2,3)4)25-35(54)36(29-17-11-10-12-18-29)48-39(55)32-21-16-22-47-38(32)51(7)8/h9,16,21-22,29-31,33-34,36-37H,1,10-15,17-20,23-28H2,2-8H3,(H,48,55)(H,49,56)(H,50,58). The first-order chi connectivity index (χ1) is 27.9. The van der Waals surface area contributed by atoms with Crippen LogP contribution >= 0.6 is 12.1 Å². The summed E-state index contributed by atoms with van der Waals surface area (Å²) in [7, 11) is 3.67. The summed E-state index contributed by atoms with van der Waals surface area (Å²) in [5.41, 5.74) is -1.63. The maximum Gasteiger partial charge on any atom is 0.257 e. The summed E-state index contributed by atoms with van der Waals surface area (Å²) in [6.45, 7) is 16.8. The molecule has 3 N–H and O–H groups in total. The van der Waals surface area contributed by atoms with Crippen LogP contribution in [-0.4, -0.2) is 95.0 Å². The second-order valence-electron chi connectivity index (χ2n) is 20.6. The molecule has 1 aromatic heterocycles. The normalized spacial score (nSPS) is 30.2. The van der Waals surface area contributed by atoms with E-state index in [9.17, 15) is 19.2 Å². The number of Topliss-reactive ketones (excluding diaryl/α,β-unsaturated/α-hetero) is 1. The topological polar surface area (TPSA) is 144 Å². The van der Waals surface area contributed by atoms with E-state index in [2.05, 4.69) is 45.1 Å². The maximum absolute atomic E-state index is 15.4. The lowest BCUT2D eigenvalue weighted by atomic mass is 9.74. The summed E-state index contributed by atoms with van der Waals surface area (Å²) in [5, 5.41) is 6.34. The highest BCUT2D eigenvalue weighted by Crippen LogP contribution is 2.78. The van der Waals surface area contributed by atoms with Gasteiger partial charge >= 0.3 is 0 Å². The number of nitrogens with one attached hydrogen (secondary N) is 3. The van der Waals surface area contributed by atoms with Crippen molar-refractivity contribution in [3.05, 3.63) is 36.5 Å². The van der Waals surface area contributed by atoms with Gasteiger partial charge < -0.3 is 20.4 Å². The summed E-state index contributed by atoms with van der Waals surface area (Å²) < 4.78 is 5.15. The molecule has 6 aliphatic rings. The SMILES string of the molecule is C=CC1CC1(NC(=O)C1CC2(CN1C(=O)C(CC(=O)C(NC(=O)c1cccnc1N(C)C)C1CCCCC1)C(C)(C)C)C(C1CCC1)C2(C)C)C(=O)NSN1CCCC1. The van der Waals surface area contributed by atoms with Crippen molar-refractivity contribution in [2.45, 2.75) is 136 Å². The molecule has 7 unspecified atom stereocenters. The molecular formula is C46H69N7O5S. The lowest BCUT2D eigenvalue weighted by molar-refractivity contribution is -0.147. The van der Waals surface area contributed by atoms with Gasteiger partial charge in [-0.2, -0.15) is 0 Å². The van der Waals surface area contributed by atoms with E-state index >= 15 is 4.79 Å². The first-order valence-corrected chi connectivity index (χ1v) is 23.2. The van der Waals surface area contributed by atoms with Crippen LogP contribution in [0.25, 0.3) is 0 Å². The molecule has 3 heterocycles. The fourth-order valence-corrected chi connectivity index (χ4v) is 12.4. The first-order valence-electron chi connectivity index (χ1n) is 22.4. The predicted molar refractivity (Wildman–Crippen MR) is 232 cm³/mol. The van der Waals surface area contributed by atoms with Crippen molar-refractivity contribution in [1.29, 1.82) is 0 Å². The van der Waals surface area contributed by atoms with Crippen molar-refractivity contribution < 1.29 is 24.0 Å². The number of carbonyl (C=O) groups is 5. The van der Waals surface area contributed by atoms with Crippen LogP contribution in [0.15, 0.2) is 31.0 Å². The Labute approximate surface area is 356 Å². The summed E-state index contributed by atoms with van der Waals surface area (Å²) in [6, 6.07) is 1.92. The number of rotatable bonds is 15. The monoisotopic (exact) mass is 832 g/mol. The molecular weight excluding hydrogens is 763 g/mol. The quantitative estimate of drug-likeness (QED) is 0.137. The number of carbonyl (C=O) groups excluding carboxylic acids is 5. The second kappa shape index (κ2) is 16.8. The van der Waals surface area contributed by atoms with E-state index in [-0.39, 0.29) is 58.5 Å². The number of ketones is 1. The number of anilines is 1. The highest BCUT2D eigenvalue weighted by Gasteiger charge is 2.77.